The Morgan fingerprint density at radius 3 is 2.70 bits per heavy atom. The summed E-state index contributed by atoms with van der Waals surface area (Å²) in [4.78, 5) is 13.6. The molecule has 0 aromatic rings. The Morgan fingerprint density at radius 1 is 1.26 bits per heavy atom. The first-order valence-electron chi connectivity index (χ1n) is 9.28. The van der Waals surface area contributed by atoms with Crippen molar-refractivity contribution in [3.8, 4) is 0 Å². The largest absolute Gasteiger partial charge is 0.444 e. The van der Waals surface area contributed by atoms with Crippen molar-refractivity contribution in [3.63, 3.8) is 0 Å². The lowest BCUT2D eigenvalue weighted by Gasteiger charge is -2.27. The van der Waals surface area contributed by atoms with Crippen LogP contribution in [-0.2, 0) is 4.74 Å². The van der Waals surface area contributed by atoms with Gasteiger partial charge in [-0.1, -0.05) is 6.42 Å². The van der Waals surface area contributed by atoms with E-state index in [1.54, 1.807) is 4.90 Å². The predicted molar refractivity (Wildman–Crippen MR) is 93.6 cm³/mol. The van der Waals surface area contributed by atoms with Crippen molar-refractivity contribution in [1.82, 2.24) is 15.5 Å². The standard InChI is InChI=1S/C18H35N3O2/c1-18(2,3)23-17(22)21(4)13-7-12-20-15-9-5-8-14(15)16-10-6-11-19-16/h14-16,19-20H,5-13H2,1-4H3. The zero-order valence-corrected chi connectivity index (χ0v) is 15.4. The molecule has 3 atom stereocenters. The second-order valence-corrected chi connectivity index (χ2v) is 8.11. The van der Waals surface area contributed by atoms with E-state index in [0.717, 1.165) is 31.5 Å². The maximum Gasteiger partial charge on any atom is 0.410 e. The second-order valence-electron chi connectivity index (χ2n) is 8.11. The third-order valence-corrected chi connectivity index (χ3v) is 4.97. The number of amides is 1. The molecule has 1 saturated heterocycles. The smallest absolute Gasteiger partial charge is 0.410 e. The maximum absolute atomic E-state index is 11.9. The summed E-state index contributed by atoms with van der Waals surface area (Å²) in [6.45, 7) is 8.60. The van der Waals surface area contributed by atoms with Crippen LogP contribution in [0.3, 0.4) is 0 Å². The Morgan fingerprint density at radius 2 is 2.04 bits per heavy atom. The second kappa shape index (κ2) is 8.34. The number of carbonyl (C=O) groups is 1. The fraction of sp³-hybridized carbons (Fsp3) is 0.944. The third-order valence-electron chi connectivity index (χ3n) is 4.97. The molecular formula is C18H35N3O2. The molecule has 2 N–H and O–H groups in total. The minimum Gasteiger partial charge on any atom is -0.444 e. The van der Waals surface area contributed by atoms with Gasteiger partial charge in [0.25, 0.3) is 0 Å². The molecule has 3 unspecified atom stereocenters. The van der Waals surface area contributed by atoms with E-state index in [4.69, 9.17) is 4.74 Å². The lowest BCUT2D eigenvalue weighted by Crippen LogP contribution is -2.43. The van der Waals surface area contributed by atoms with Gasteiger partial charge < -0.3 is 20.3 Å². The van der Waals surface area contributed by atoms with Gasteiger partial charge in [-0.25, -0.2) is 4.79 Å². The van der Waals surface area contributed by atoms with Crippen LogP contribution in [0.25, 0.3) is 0 Å². The molecule has 1 amide bonds. The van der Waals surface area contributed by atoms with E-state index < -0.39 is 5.60 Å². The Bertz CT molecular complexity index is 375. The maximum atomic E-state index is 11.9. The van der Waals surface area contributed by atoms with E-state index in [2.05, 4.69) is 10.6 Å². The van der Waals surface area contributed by atoms with Crippen molar-refractivity contribution in [3.05, 3.63) is 0 Å². The van der Waals surface area contributed by atoms with Gasteiger partial charge in [0.15, 0.2) is 0 Å². The van der Waals surface area contributed by atoms with Gasteiger partial charge in [-0.05, 0) is 71.9 Å². The van der Waals surface area contributed by atoms with Crippen LogP contribution < -0.4 is 10.6 Å². The van der Waals surface area contributed by atoms with Gasteiger partial charge in [-0.15, -0.1) is 0 Å². The van der Waals surface area contributed by atoms with Crippen molar-refractivity contribution in [2.45, 2.75) is 77.0 Å². The van der Waals surface area contributed by atoms with Gasteiger partial charge in [0, 0.05) is 25.7 Å². The molecule has 0 aromatic heterocycles. The molecule has 0 radical (unpaired) electrons. The van der Waals surface area contributed by atoms with Crippen molar-refractivity contribution in [1.29, 1.82) is 0 Å². The average Bonchev–Trinajstić information content (AvgIpc) is 3.11. The number of ether oxygens (including phenoxy) is 1. The van der Waals surface area contributed by atoms with E-state index in [1.807, 2.05) is 27.8 Å². The van der Waals surface area contributed by atoms with Gasteiger partial charge >= 0.3 is 6.09 Å². The van der Waals surface area contributed by atoms with Gasteiger partial charge in [-0.2, -0.15) is 0 Å². The van der Waals surface area contributed by atoms with E-state index >= 15 is 0 Å². The van der Waals surface area contributed by atoms with Crippen LogP contribution in [0.15, 0.2) is 0 Å². The summed E-state index contributed by atoms with van der Waals surface area (Å²) in [5.74, 6) is 0.793. The Hall–Kier alpha value is -0.810. The molecule has 2 fully saturated rings. The first-order valence-corrected chi connectivity index (χ1v) is 9.28. The molecule has 23 heavy (non-hydrogen) atoms. The fourth-order valence-corrected chi connectivity index (χ4v) is 3.84. The molecule has 0 aromatic carbocycles. The molecule has 2 rings (SSSR count). The highest BCUT2D eigenvalue weighted by atomic mass is 16.6. The van der Waals surface area contributed by atoms with Gasteiger partial charge in [0.2, 0.25) is 0 Å². The number of hydrogen-bond acceptors (Lipinski definition) is 4. The molecule has 1 aliphatic heterocycles. The summed E-state index contributed by atoms with van der Waals surface area (Å²) in [7, 11) is 1.81. The molecule has 0 bridgehead atoms. The highest BCUT2D eigenvalue weighted by Gasteiger charge is 2.34. The fourth-order valence-electron chi connectivity index (χ4n) is 3.84. The normalized spacial score (nSPS) is 28.1. The first kappa shape index (κ1) is 18.5. The molecule has 2 aliphatic rings. The number of nitrogens with one attached hydrogen (secondary N) is 2. The lowest BCUT2D eigenvalue weighted by molar-refractivity contribution is 0.0297. The van der Waals surface area contributed by atoms with Crippen LogP contribution in [0, 0.1) is 5.92 Å². The van der Waals surface area contributed by atoms with E-state index in [0.29, 0.717) is 6.04 Å². The van der Waals surface area contributed by atoms with Gasteiger partial charge in [-0.3, -0.25) is 0 Å². The third kappa shape index (κ3) is 5.96. The number of hydrogen-bond donors (Lipinski definition) is 2. The molecule has 1 aliphatic carbocycles. The zero-order chi connectivity index (χ0) is 16.9. The monoisotopic (exact) mass is 325 g/mol. The van der Waals surface area contributed by atoms with Gasteiger partial charge in [0.1, 0.15) is 5.60 Å². The average molecular weight is 325 g/mol. The van der Waals surface area contributed by atoms with E-state index in [9.17, 15) is 4.79 Å². The Labute approximate surface area is 141 Å². The summed E-state index contributed by atoms with van der Waals surface area (Å²) in [6.07, 6.45) is 7.40. The molecule has 1 heterocycles. The van der Waals surface area contributed by atoms with E-state index in [1.165, 1.54) is 38.6 Å². The number of carbonyl (C=O) groups excluding carboxylic acids is 1. The minimum atomic E-state index is -0.422. The van der Waals surface area contributed by atoms with Crippen LogP contribution in [-0.4, -0.2) is 55.4 Å². The SMILES string of the molecule is CN(CCCNC1CCCC1C1CCCN1)C(=O)OC(C)(C)C. The zero-order valence-electron chi connectivity index (χ0n) is 15.4. The van der Waals surface area contributed by atoms with Crippen LogP contribution in [0.4, 0.5) is 4.79 Å². The molecule has 5 heteroatoms. The molecule has 0 spiro atoms. The van der Waals surface area contributed by atoms with Gasteiger partial charge in [0.05, 0.1) is 0 Å². The summed E-state index contributed by atoms with van der Waals surface area (Å²) in [6, 6.07) is 1.37. The topological polar surface area (TPSA) is 53.6 Å². The van der Waals surface area contributed by atoms with E-state index in [-0.39, 0.29) is 6.09 Å². The minimum absolute atomic E-state index is 0.230. The lowest BCUT2D eigenvalue weighted by atomic mass is 9.93. The molecular weight excluding hydrogens is 290 g/mol. The molecule has 5 nitrogen and oxygen atoms in total. The molecule has 134 valence electrons. The quantitative estimate of drug-likeness (QED) is 0.737. The predicted octanol–water partition coefficient (Wildman–Crippen LogP) is 2.75. The van der Waals surface area contributed by atoms with Crippen LogP contribution in [0.2, 0.25) is 0 Å². The molecule has 1 saturated carbocycles. The van der Waals surface area contributed by atoms with Crippen LogP contribution in [0.5, 0.6) is 0 Å². The summed E-state index contributed by atoms with van der Waals surface area (Å²) >= 11 is 0. The summed E-state index contributed by atoms with van der Waals surface area (Å²) in [5, 5.41) is 7.40. The van der Waals surface area contributed by atoms with Crippen molar-refractivity contribution < 1.29 is 9.53 Å². The van der Waals surface area contributed by atoms with Crippen molar-refractivity contribution in [2.24, 2.45) is 5.92 Å². The van der Waals surface area contributed by atoms with Crippen LogP contribution in [0.1, 0.15) is 59.3 Å². The highest BCUT2D eigenvalue weighted by molar-refractivity contribution is 5.67. The van der Waals surface area contributed by atoms with Crippen LogP contribution >= 0.6 is 0 Å². The Balaban J connectivity index is 1.63. The van der Waals surface area contributed by atoms with Crippen molar-refractivity contribution >= 4 is 6.09 Å². The summed E-state index contributed by atoms with van der Waals surface area (Å²) in [5.41, 5.74) is -0.422. The number of nitrogens with zero attached hydrogens (tertiary/aromatic N) is 1. The van der Waals surface area contributed by atoms with Crippen molar-refractivity contribution in [2.75, 3.05) is 26.7 Å². The summed E-state index contributed by atoms with van der Waals surface area (Å²) < 4.78 is 5.37. The first-order chi connectivity index (χ1) is 10.9. The number of rotatable bonds is 6. The Kier molecular flexibility index (Phi) is 6.72. The highest BCUT2D eigenvalue weighted by Crippen LogP contribution is 2.31.